The molecule has 0 saturated carbocycles. The number of carbonyl (C=O) groups excluding carboxylic acids is 1. The van der Waals surface area contributed by atoms with E-state index in [0.29, 0.717) is 18.5 Å². The summed E-state index contributed by atoms with van der Waals surface area (Å²) in [5, 5.41) is 3.06. The molecule has 1 amide bonds. The number of hydrazine groups is 1. The van der Waals surface area contributed by atoms with Gasteiger partial charge in [-0.2, -0.15) is 0 Å². The Morgan fingerprint density at radius 1 is 1.26 bits per heavy atom. The molecule has 0 aromatic heterocycles. The molecule has 2 atom stereocenters. The Bertz CT molecular complexity index is 766. The zero-order valence-electron chi connectivity index (χ0n) is 15.4. The number of likely N-dealkylation sites (tertiary alicyclic amines) is 1. The van der Waals surface area contributed by atoms with Gasteiger partial charge in [-0.05, 0) is 25.3 Å². The molecule has 0 radical (unpaired) electrons. The Kier molecular flexibility index (Phi) is 6.46. The van der Waals surface area contributed by atoms with Crippen LogP contribution in [0.2, 0.25) is 0 Å². The maximum Gasteiger partial charge on any atom is 0.238 e. The summed E-state index contributed by atoms with van der Waals surface area (Å²) in [7, 11) is -2.95. The molecule has 27 heavy (non-hydrogen) atoms. The van der Waals surface area contributed by atoms with Crippen molar-refractivity contribution >= 4 is 15.7 Å². The molecule has 1 aromatic rings. The monoisotopic (exact) mass is 398 g/mol. The fraction of sp³-hybridized carbons (Fsp3) is 0.611. The normalized spacial score (nSPS) is 24.8. The summed E-state index contributed by atoms with van der Waals surface area (Å²) >= 11 is 0. The van der Waals surface area contributed by atoms with Crippen molar-refractivity contribution in [2.24, 2.45) is 0 Å². The Labute approximate surface area is 159 Å². The molecular formula is C18H27FN4O3S. The number of amides is 1. The van der Waals surface area contributed by atoms with E-state index in [-0.39, 0.29) is 29.6 Å². The third-order valence-corrected chi connectivity index (χ3v) is 6.14. The van der Waals surface area contributed by atoms with Crippen LogP contribution >= 0.6 is 0 Å². The molecule has 0 spiro atoms. The molecule has 7 nitrogen and oxygen atoms in total. The zero-order chi connectivity index (χ0) is 19.4. The Balaban J connectivity index is 1.43. The quantitative estimate of drug-likeness (QED) is 0.641. The highest BCUT2D eigenvalue weighted by atomic mass is 32.2. The van der Waals surface area contributed by atoms with Crippen molar-refractivity contribution in [2.45, 2.75) is 37.4 Å². The van der Waals surface area contributed by atoms with Gasteiger partial charge >= 0.3 is 0 Å². The number of benzene rings is 1. The van der Waals surface area contributed by atoms with E-state index < -0.39 is 15.9 Å². The van der Waals surface area contributed by atoms with Gasteiger partial charge in [-0.3, -0.25) is 4.79 Å². The number of nitrogens with zero attached hydrogens (tertiary/aromatic N) is 1. The van der Waals surface area contributed by atoms with E-state index in [0.717, 1.165) is 25.9 Å². The second kappa shape index (κ2) is 8.64. The first-order valence-corrected chi connectivity index (χ1v) is 11.3. The summed E-state index contributed by atoms with van der Waals surface area (Å²) < 4.78 is 36.4. The molecule has 2 unspecified atom stereocenters. The van der Waals surface area contributed by atoms with Gasteiger partial charge in [0.05, 0.1) is 11.8 Å². The Morgan fingerprint density at radius 3 is 2.63 bits per heavy atom. The summed E-state index contributed by atoms with van der Waals surface area (Å²) in [4.78, 5) is 14.6. The number of hydrogen-bond donors (Lipinski definition) is 3. The first-order valence-electron chi connectivity index (χ1n) is 9.28. The van der Waals surface area contributed by atoms with Crippen LogP contribution in [-0.4, -0.2) is 63.0 Å². The zero-order valence-corrected chi connectivity index (χ0v) is 16.3. The van der Waals surface area contributed by atoms with Gasteiger partial charge in [0.15, 0.2) is 0 Å². The van der Waals surface area contributed by atoms with E-state index in [1.54, 1.807) is 18.2 Å². The highest BCUT2D eigenvalue weighted by molar-refractivity contribution is 7.90. The summed E-state index contributed by atoms with van der Waals surface area (Å²) in [5.74, 6) is -0.200. The van der Waals surface area contributed by atoms with Gasteiger partial charge in [-0.25, -0.2) is 23.7 Å². The topological polar surface area (TPSA) is 90.5 Å². The summed E-state index contributed by atoms with van der Waals surface area (Å²) in [6, 6.07) is 6.01. The standard InChI is InChI=1S/C18H27FN4O3S/c1-27(25,26)11-10-23-8-6-13(7-9-23)20-18(24)17-12-16(21-22-17)14-4-2-3-5-15(14)19/h2-5,13,16-17,21-22H,6-12H2,1H3,(H,20,24). The highest BCUT2D eigenvalue weighted by Gasteiger charge is 2.32. The van der Waals surface area contributed by atoms with Crippen molar-refractivity contribution in [3.63, 3.8) is 0 Å². The van der Waals surface area contributed by atoms with Crippen LogP contribution in [0.3, 0.4) is 0 Å². The number of nitrogens with one attached hydrogen (secondary N) is 3. The highest BCUT2D eigenvalue weighted by Crippen LogP contribution is 2.24. The van der Waals surface area contributed by atoms with E-state index in [1.165, 1.54) is 12.3 Å². The minimum atomic E-state index is -2.95. The van der Waals surface area contributed by atoms with Crippen LogP contribution < -0.4 is 16.2 Å². The van der Waals surface area contributed by atoms with Crippen LogP contribution in [0.4, 0.5) is 4.39 Å². The lowest BCUT2D eigenvalue weighted by atomic mass is 10.00. The molecule has 2 fully saturated rings. The van der Waals surface area contributed by atoms with Crippen LogP contribution in [0, 0.1) is 5.82 Å². The number of piperidine rings is 1. The van der Waals surface area contributed by atoms with Crippen LogP contribution in [0.1, 0.15) is 30.9 Å². The fourth-order valence-corrected chi connectivity index (χ4v) is 4.18. The van der Waals surface area contributed by atoms with Crippen molar-refractivity contribution in [1.82, 2.24) is 21.1 Å². The van der Waals surface area contributed by atoms with Crippen molar-refractivity contribution in [3.8, 4) is 0 Å². The molecule has 2 saturated heterocycles. The second-order valence-electron chi connectivity index (χ2n) is 7.41. The predicted octanol–water partition coefficient (Wildman–Crippen LogP) is 0.359. The molecule has 150 valence electrons. The lowest BCUT2D eigenvalue weighted by Crippen LogP contribution is -2.50. The Hall–Kier alpha value is -1.55. The molecule has 2 heterocycles. The maximum absolute atomic E-state index is 13.9. The lowest BCUT2D eigenvalue weighted by molar-refractivity contribution is -0.123. The van der Waals surface area contributed by atoms with Gasteiger partial charge in [0.25, 0.3) is 0 Å². The SMILES string of the molecule is CS(=O)(=O)CCN1CCC(NC(=O)C2CC(c3ccccc3F)NN2)CC1. The van der Waals surface area contributed by atoms with Crippen LogP contribution in [0.25, 0.3) is 0 Å². The molecule has 0 bridgehead atoms. The largest absolute Gasteiger partial charge is 0.352 e. The molecule has 9 heteroatoms. The van der Waals surface area contributed by atoms with Gasteiger partial charge < -0.3 is 10.2 Å². The molecule has 3 N–H and O–H groups in total. The molecule has 2 aliphatic heterocycles. The molecule has 2 aliphatic rings. The first kappa shape index (κ1) is 20.2. The number of carbonyl (C=O) groups is 1. The number of rotatable bonds is 6. The second-order valence-corrected chi connectivity index (χ2v) is 9.67. The average Bonchev–Trinajstić information content (AvgIpc) is 3.11. The van der Waals surface area contributed by atoms with Gasteiger partial charge in [0, 0.05) is 37.5 Å². The van der Waals surface area contributed by atoms with E-state index in [2.05, 4.69) is 21.1 Å². The average molecular weight is 399 g/mol. The maximum atomic E-state index is 13.9. The van der Waals surface area contributed by atoms with Gasteiger partial charge in [-0.15, -0.1) is 0 Å². The number of halogens is 1. The van der Waals surface area contributed by atoms with Gasteiger partial charge in [0.1, 0.15) is 21.7 Å². The van der Waals surface area contributed by atoms with Crippen molar-refractivity contribution < 1.29 is 17.6 Å². The summed E-state index contributed by atoms with van der Waals surface area (Å²) in [5.41, 5.74) is 6.52. The smallest absolute Gasteiger partial charge is 0.238 e. The first-order chi connectivity index (χ1) is 12.8. The Morgan fingerprint density at radius 2 is 1.96 bits per heavy atom. The van der Waals surface area contributed by atoms with Crippen molar-refractivity contribution in [3.05, 3.63) is 35.6 Å². The summed E-state index contributed by atoms with van der Waals surface area (Å²) in [6.07, 6.45) is 3.33. The van der Waals surface area contributed by atoms with E-state index in [9.17, 15) is 17.6 Å². The fourth-order valence-electron chi connectivity index (χ4n) is 3.59. The van der Waals surface area contributed by atoms with Crippen molar-refractivity contribution in [2.75, 3.05) is 31.6 Å². The van der Waals surface area contributed by atoms with E-state index in [1.807, 2.05) is 0 Å². The van der Waals surface area contributed by atoms with Gasteiger partial charge in [0.2, 0.25) is 5.91 Å². The molecule has 1 aromatic carbocycles. The minimum absolute atomic E-state index is 0.0845. The molecule has 3 rings (SSSR count). The van der Waals surface area contributed by atoms with Crippen LogP contribution in [-0.2, 0) is 14.6 Å². The van der Waals surface area contributed by atoms with Gasteiger partial charge in [-0.1, -0.05) is 18.2 Å². The van der Waals surface area contributed by atoms with Crippen LogP contribution in [0.5, 0.6) is 0 Å². The molecular weight excluding hydrogens is 371 g/mol. The lowest BCUT2D eigenvalue weighted by Gasteiger charge is -2.32. The van der Waals surface area contributed by atoms with Crippen LogP contribution in [0.15, 0.2) is 24.3 Å². The third kappa shape index (κ3) is 5.71. The third-order valence-electron chi connectivity index (χ3n) is 5.21. The summed E-state index contributed by atoms with van der Waals surface area (Å²) in [6.45, 7) is 2.08. The van der Waals surface area contributed by atoms with Crippen molar-refractivity contribution in [1.29, 1.82) is 0 Å². The minimum Gasteiger partial charge on any atom is -0.352 e. The van der Waals surface area contributed by atoms with E-state index >= 15 is 0 Å². The predicted molar refractivity (Wildman–Crippen MR) is 101 cm³/mol. The van der Waals surface area contributed by atoms with E-state index in [4.69, 9.17) is 0 Å². The molecule has 0 aliphatic carbocycles. The number of hydrogen-bond acceptors (Lipinski definition) is 6. The number of sulfone groups is 1.